The predicted molar refractivity (Wildman–Crippen MR) is 124 cm³/mol. The van der Waals surface area contributed by atoms with Gasteiger partial charge in [-0.25, -0.2) is 4.39 Å². The van der Waals surface area contributed by atoms with E-state index < -0.39 is 23.5 Å². The lowest BCUT2D eigenvalue weighted by molar-refractivity contribution is -0.137. The number of nitrogens with zero attached hydrogens (tertiary/aromatic N) is 3. The predicted octanol–water partition coefficient (Wildman–Crippen LogP) is 5.83. The number of hydrogen-bond acceptors (Lipinski definition) is 5. The van der Waals surface area contributed by atoms with E-state index >= 15 is 0 Å². The molecule has 4 rings (SSSR count). The molecule has 0 aliphatic carbocycles. The molecule has 0 unspecified atom stereocenters. The Morgan fingerprint density at radius 3 is 2.37 bits per heavy atom. The number of para-hydroxylation sites is 1. The normalized spacial score (nSPS) is 11.3. The molecule has 0 saturated carbocycles. The summed E-state index contributed by atoms with van der Waals surface area (Å²) in [6.07, 6.45) is -4.61. The Morgan fingerprint density at radius 1 is 1.00 bits per heavy atom. The van der Waals surface area contributed by atoms with Crippen LogP contribution in [0.25, 0.3) is 17.1 Å². The average Bonchev–Trinajstić information content (AvgIpc) is 3.26. The van der Waals surface area contributed by atoms with Crippen LogP contribution in [-0.4, -0.2) is 33.5 Å². The van der Waals surface area contributed by atoms with E-state index in [1.54, 1.807) is 47.0 Å². The number of thioether (sulfide) groups is 1. The fourth-order valence-electron chi connectivity index (χ4n) is 3.30. The second-order valence-electron chi connectivity index (χ2n) is 7.20. The van der Waals surface area contributed by atoms with E-state index in [1.807, 2.05) is 0 Å². The Balaban J connectivity index is 1.62. The quantitative estimate of drug-likeness (QED) is 0.254. The largest absolute Gasteiger partial charge is 0.497 e. The molecule has 3 aromatic carbocycles. The number of hydrogen-bond donors (Lipinski definition) is 1. The standard InChI is InChI=1S/C24H18F4N4O2S/c1-34-16-12-10-15(11-13-16)32-22(17-6-2-4-8-19(17)25)30-31-23(32)35-14-21(33)29-20-9-5-3-7-18(20)24(26,27)28/h2-13H,14H2,1H3,(H,29,33). The van der Waals surface area contributed by atoms with Crippen LogP contribution in [0.4, 0.5) is 23.2 Å². The Bertz CT molecular complexity index is 1340. The zero-order chi connectivity index (χ0) is 25.0. The summed E-state index contributed by atoms with van der Waals surface area (Å²) in [4.78, 5) is 12.5. The van der Waals surface area contributed by atoms with Gasteiger partial charge >= 0.3 is 6.18 Å². The van der Waals surface area contributed by atoms with Crippen molar-refractivity contribution in [2.45, 2.75) is 11.3 Å². The molecular formula is C24H18F4N4O2S. The summed E-state index contributed by atoms with van der Waals surface area (Å²) >= 11 is 0.956. The molecule has 35 heavy (non-hydrogen) atoms. The van der Waals surface area contributed by atoms with E-state index in [1.165, 1.54) is 31.4 Å². The number of anilines is 1. The summed E-state index contributed by atoms with van der Waals surface area (Å²) < 4.78 is 60.9. The van der Waals surface area contributed by atoms with Crippen molar-refractivity contribution >= 4 is 23.4 Å². The third-order valence-electron chi connectivity index (χ3n) is 4.92. The highest BCUT2D eigenvalue weighted by Crippen LogP contribution is 2.35. The Hall–Kier alpha value is -3.86. The van der Waals surface area contributed by atoms with Gasteiger partial charge < -0.3 is 10.1 Å². The van der Waals surface area contributed by atoms with Crippen LogP contribution in [0, 0.1) is 5.82 Å². The van der Waals surface area contributed by atoms with Crippen molar-refractivity contribution < 1.29 is 27.1 Å². The molecular weight excluding hydrogens is 484 g/mol. The van der Waals surface area contributed by atoms with Crippen molar-refractivity contribution in [2.75, 3.05) is 18.2 Å². The van der Waals surface area contributed by atoms with E-state index in [-0.39, 0.29) is 28.0 Å². The average molecular weight is 502 g/mol. The minimum atomic E-state index is -4.61. The molecule has 0 fully saturated rings. The lowest BCUT2D eigenvalue weighted by Crippen LogP contribution is -2.18. The minimum absolute atomic E-state index is 0.200. The lowest BCUT2D eigenvalue weighted by atomic mass is 10.1. The van der Waals surface area contributed by atoms with Gasteiger partial charge in [-0.15, -0.1) is 10.2 Å². The molecule has 1 N–H and O–H groups in total. The van der Waals surface area contributed by atoms with Crippen LogP contribution in [0.1, 0.15) is 5.56 Å². The fraction of sp³-hybridized carbons (Fsp3) is 0.125. The van der Waals surface area contributed by atoms with Gasteiger partial charge in [0.05, 0.1) is 35.4 Å². The van der Waals surface area contributed by atoms with Crippen LogP contribution in [0.15, 0.2) is 78.0 Å². The Morgan fingerprint density at radius 2 is 1.69 bits per heavy atom. The summed E-state index contributed by atoms with van der Waals surface area (Å²) in [6, 6.07) is 17.6. The molecule has 1 aromatic heterocycles. The summed E-state index contributed by atoms with van der Waals surface area (Å²) in [5.74, 6) is -0.613. The molecule has 0 saturated heterocycles. The van der Waals surface area contributed by atoms with Crippen molar-refractivity contribution in [1.82, 2.24) is 14.8 Å². The van der Waals surface area contributed by atoms with Crippen LogP contribution < -0.4 is 10.1 Å². The lowest BCUT2D eigenvalue weighted by Gasteiger charge is -2.14. The number of methoxy groups -OCH3 is 1. The third-order valence-corrected chi connectivity index (χ3v) is 5.85. The first kappa shape index (κ1) is 24.3. The number of nitrogens with one attached hydrogen (secondary N) is 1. The molecule has 0 atom stereocenters. The number of aromatic nitrogens is 3. The van der Waals surface area contributed by atoms with Gasteiger partial charge in [0.15, 0.2) is 11.0 Å². The van der Waals surface area contributed by atoms with Crippen molar-refractivity contribution in [3.8, 4) is 22.8 Å². The van der Waals surface area contributed by atoms with E-state index in [4.69, 9.17) is 4.74 Å². The molecule has 180 valence electrons. The van der Waals surface area contributed by atoms with Gasteiger partial charge in [-0.3, -0.25) is 9.36 Å². The maximum atomic E-state index is 14.5. The van der Waals surface area contributed by atoms with Crippen molar-refractivity contribution in [3.05, 3.63) is 84.2 Å². The number of halogens is 4. The maximum absolute atomic E-state index is 14.5. The number of carbonyl (C=O) groups is 1. The molecule has 0 bridgehead atoms. The molecule has 0 radical (unpaired) electrons. The minimum Gasteiger partial charge on any atom is -0.497 e. The van der Waals surface area contributed by atoms with E-state index in [0.717, 1.165) is 17.8 Å². The van der Waals surface area contributed by atoms with E-state index in [9.17, 15) is 22.4 Å². The van der Waals surface area contributed by atoms with Crippen LogP contribution in [0.3, 0.4) is 0 Å². The SMILES string of the molecule is COc1ccc(-n2c(SCC(=O)Nc3ccccc3C(F)(F)F)nnc2-c2ccccc2F)cc1. The van der Waals surface area contributed by atoms with Crippen molar-refractivity contribution in [1.29, 1.82) is 0 Å². The van der Waals surface area contributed by atoms with Crippen LogP contribution in [-0.2, 0) is 11.0 Å². The first-order chi connectivity index (χ1) is 16.8. The van der Waals surface area contributed by atoms with Crippen LogP contribution in [0.5, 0.6) is 5.75 Å². The maximum Gasteiger partial charge on any atom is 0.418 e. The highest BCUT2D eigenvalue weighted by Gasteiger charge is 2.33. The highest BCUT2D eigenvalue weighted by molar-refractivity contribution is 7.99. The number of ether oxygens (including phenoxy) is 1. The monoisotopic (exact) mass is 502 g/mol. The number of alkyl halides is 3. The number of carbonyl (C=O) groups excluding carboxylic acids is 1. The first-order valence-electron chi connectivity index (χ1n) is 10.2. The zero-order valence-electron chi connectivity index (χ0n) is 18.2. The topological polar surface area (TPSA) is 69.0 Å². The van der Waals surface area contributed by atoms with E-state index in [0.29, 0.717) is 11.4 Å². The van der Waals surface area contributed by atoms with E-state index in [2.05, 4.69) is 15.5 Å². The second kappa shape index (κ2) is 10.2. The number of amides is 1. The summed E-state index contributed by atoms with van der Waals surface area (Å²) in [5, 5.41) is 10.8. The Kier molecular flexibility index (Phi) is 7.06. The summed E-state index contributed by atoms with van der Waals surface area (Å²) in [6.45, 7) is 0. The molecule has 6 nitrogen and oxygen atoms in total. The molecule has 1 amide bonds. The molecule has 0 aliphatic rings. The van der Waals surface area contributed by atoms with Crippen molar-refractivity contribution in [3.63, 3.8) is 0 Å². The number of benzene rings is 3. The summed E-state index contributed by atoms with van der Waals surface area (Å²) in [7, 11) is 1.52. The first-order valence-corrected chi connectivity index (χ1v) is 11.2. The van der Waals surface area contributed by atoms with Gasteiger partial charge in [0, 0.05) is 0 Å². The zero-order valence-corrected chi connectivity index (χ0v) is 19.0. The second-order valence-corrected chi connectivity index (χ2v) is 8.14. The van der Waals surface area contributed by atoms with Gasteiger partial charge in [-0.1, -0.05) is 36.0 Å². The fourth-order valence-corrected chi connectivity index (χ4v) is 4.05. The van der Waals surface area contributed by atoms with Gasteiger partial charge in [0.1, 0.15) is 11.6 Å². The molecule has 0 spiro atoms. The van der Waals surface area contributed by atoms with Crippen LogP contribution in [0.2, 0.25) is 0 Å². The third kappa shape index (κ3) is 5.46. The Labute approximate surface area is 201 Å². The smallest absolute Gasteiger partial charge is 0.418 e. The summed E-state index contributed by atoms with van der Waals surface area (Å²) in [5.41, 5.74) is -0.499. The molecule has 1 heterocycles. The van der Waals surface area contributed by atoms with Gasteiger partial charge in [0.25, 0.3) is 0 Å². The highest BCUT2D eigenvalue weighted by atomic mass is 32.2. The molecule has 11 heteroatoms. The van der Waals surface area contributed by atoms with Gasteiger partial charge in [-0.2, -0.15) is 13.2 Å². The molecule has 0 aliphatic heterocycles. The van der Waals surface area contributed by atoms with Crippen LogP contribution >= 0.6 is 11.8 Å². The van der Waals surface area contributed by atoms with Gasteiger partial charge in [0.2, 0.25) is 5.91 Å². The molecule has 4 aromatic rings. The van der Waals surface area contributed by atoms with Crippen molar-refractivity contribution in [2.24, 2.45) is 0 Å². The number of rotatable bonds is 7. The van der Waals surface area contributed by atoms with Gasteiger partial charge in [-0.05, 0) is 48.5 Å².